The molecule has 0 saturated heterocycles. The predicted octanol–water partition coefficient (Wildman–Crippen LogP) is 20.2. The highest BCUT2D eigenvalue weighted by Gasteiger charge is 2.18. The van der Waals surface area contributed by atoms with E-state index in [1.165, 1.54) is 49.0 Å². The number of ether oxygens (including phenoxy) is 1. The van der Waals surface area contributed by atoms with E-state index in [0.29, 0.717) is 18.9 Å². The quantitative estimate of drug-likeness (QED) is 0.112. The number of hydrogen-bond donors (Lipinski definition) is 4. The van der Waals surface area contributed by atoms with E-state index >= 15 is 0 Å². The van der Waals surface area contributed by atoms with Crippen LogP contribution in [0, 0.1) is 47.3 Å². The van der Waals surface area contributed by atoms with Gasteiger partial charge in [0.05, 0.1) is 32.0 Å². The van der Waals surface area contributed by atoms with Crippen LogP contribution in [0.2, 0.25) is 0 Å². The van der Waals surface area contributed by atoms with E-state index in [-0.39, 0.29) is 41.5 Å². The van der Waals surface area contributed by atoms with Gasteiger partial charge in [0.1, 0.15) is 35.7 Å². The molecular formula is C89H167N19O3. The molecular weight excluding hydrogens is 1380 g/mol. The van der Waals surface area contributed by atoms with Crippen molar-refractivity contribution in [3.05, 3.63) is 158 Å². The summed E-state index contributed by atoms with van der Waals surface area (Å²) in [6.07, 6.45) is 28.9. The molecule has 8 aromatic rings. The Bertz CT molecular complexity index is 3180. The zero-order valence-corrected chi connectivity index (χ0v) is 71.9. The molecule has 22 heteroatoms. The second-order valence-electron chi connectivity index (χ2n) is 32.7. The second kappa shape index (κ2) is 63.6. The number of carbonyl (C=O) groups excluding carboxylic acids is 2. The number of aryl methyl sites for hydroxylation is 2. The van der Waals surface area contributed by atoms with Gasteiger partial charge in [-0.05, 0) is 104 Å². The lowest BCUT2D eigenvalue weighted by Crippen LogP contribution is -2.35. The van der Waals surface area contributed by atoms with Crippen LogP contribution < -0.4 is 21.3 Å². The van der Waals surface area contributed by atoms with Crippen molar-refractivity contribution in [2.45, 2.75) is 287 Å². The average Bonchev–Trinajstić information content (AvgIpc) is 1.71. The molecule has 16 rings (SSSR count). The number of imidazole rings is 5. The molecule has 8 aliphatic heterocycles. The van der Waals surface area contributed by atoms with Gasteiger partial charge in [0.2, 0.25) is 5.91 Å². The summed E-state index contributed by atoms with van der Waals surface area (Å²) >= 11 is 0. The van der Waals surface area contributed by atoms with Gasteiger partial charge in [0, 0.05) is 178 Å². The number of nitrogens with one attached hydrogen (secondary N) is 4. The largest absolute Gasteiger partial charge is 0.373 e. The number of nitrogens with zero attached hydrogens (tertiary/aromatic N) is 15. The van der Waals surface area contributed by atoms with Crippen LogP contribution in [-0.4, -0.2) is 136 Å². The Kier molecular flexibility index (Phi) is 62.6. The highest BCUT2D eigenvalue weighted by Crippen LogP contribution is 2.19. The first kappa shape index (κ1) is 109. The Labute approximate surface area is 678 Å². The first-order chi connectivity index (χ1) is 50.6. The lowest BCUT2D eigenvalue weighted by Gasteiger charge is -2.27. The fourth-order valence-electron chi connectivity index (χ4n) is 9.34. The van der Waals surface area contributed by atoms with Crippen molar-refractivity contribution < 1.29 is 14.3 Å². The van der Waals surface area contributed by atoms with Crippen molar-refractivity contribution in [2.75, 3.05) is 64.1 Å². The molecule has 16 heterocycles. The summed E-state index contributed by atoms with van der Waals surface area (Å²) in [6.45, 7) is 72.4. The maximum Gasteiger partial charge on any atom is 0.287 e. The van der Waals surface area contributed by atoms with Crippen molar-refractivity contribution in [2.24, 2.45) is 47.3 Å². The van der Waals surface area contributed by atoms with Crippen molar-refractivity contribution in [1.82, 2.24) is 81.9 Å². The summed E-state index contributed by atoms with van der Waals surface area (Å²) in [5.74, 6) is 14.0. The van der Waals surface area contributed by atoms with Crippen LogP contribution in [0.15, 0.2) is 124 Å². The monoisotopic (exact) mass is 1550 g/mol. The molecule has 2 amide bonds. The van der Waals surface area contributed by atoms with E-state index in [1.54, 1.807) is 6.20 Å². The summed E-state index contributed by atoms with van der Waals surface area (Å²) < 4.78 is 22.1. The standard InChI is InChI=1S/C8H11N3.C7H11N3.C7H10N2.C7H9NO.C6H7N3O.C6H9N3.C6H6N2O.C6H8N2.8C4H10.4CH4/c1-7-8-9-3-4-11(8)6-5-10(7)2;1-9-4-5-10-3-2-8-7(10)6-9;1-2-5-9-6-4-8-7(9)3-1;1-2-7-6-9-5-4-8(7)3-1;10-6-5-7-1-3-9(5)4-2-8-6;1-3-9-4-2-8-6(9)5-7-1;9-6-4-8-3-1-2-5(8)7-6;1-2-6-7-3-5-8(6)4-1;8*1-4(2)3;;;;/h3-4H,1,5-6H2,2H3;2-3H,4-6H2,1H3;4,6H,1-3,5H2;1-3H,4-6H2;1,3H,2,4H2,(H,8,10);2,4,7H,1,3,5H2;1-3H,4H2,(H,7,9);1-2,4,7H,3,5H2;8*4H,1-3H3;4*1H4. The number of rotatable bonds is 0. The Balaban J connectivity index is -0.000000557. The molecule has 8 aliphatic rings. The Morgan fingerprint density at radius 3 is 1.33 bits per heavy atom. The Morgan fingerprint density at radius 1 is 0.396 bits per heavy atom. The van der Waals surface area contributed by atoms with Gasteiger partial charge in [0.25, 0.3) is 5.91 Å². The van der Waals surface area contributed by atoms with E-state index < -0.39 is 0 Å². The van der Waals surface area contributed by atoms with Crippen LogP contribution in [0.1, 0.15) is 248 Å². The van der Waals surface area contributed by atoms with E-state index in [2.05, 4.69) is 306 Å². The minimum atomic E-state index is -0.0729. The minimum absolute atomic E-state index is 0. The predicted molar refractivity (Wildman–Crippen MR) is 477 cm³/mol. The van der Waals surface area contributed by atoms with Crippen molar-refractivity contribution in [3.8, 4) is 0 Å². The summed E-state index contributed by atoms with van der Waals surface area (Å²) in [5, 5.41) is 11.9. The highest BCUT2D eigenvalue weighted by atomic mass is 16.5. The van der Waals surface area contributed by atoms with Crippen LogP contribution in [0.25, 0.3) is 5.70 Å². The van der Waals surface area contributed by atoms with Gasteiger partial charge < -0.3 is 67.4 Å². The van der Waals surface area contributed by atoms with E-state index in [1.807, 2.05) is 84.1 Å². The van der Waals surface area contributed by atoms with Crippen LogP contribution in [0.4, 0.5) is 11.6 Å². The number of hydrogen-bond acceptors (Lipinski definition) is 12. The number of amides is 2. The molecule has 0 saturated carbocycles. The van der Waals surface area contributed by atoms with Crippen molar-refractivity contribution in [3.63, 3.8) is 0 Å². The van der Waals surface area contributed by atoms with Gasteiger partial charge in [-0.1, -0.05) is 202 Å². The van der Waals surface area contributed by atoms with E-state index in [4.69, 9.17) is 4.74 Å². The first-order valence-corrected chi connectivity index (χ1v) is 39.8. The molecule has 0 unspecified atom stereocenters. The fourth-order valence-corrected chi connectivity index (χ4v) is 9.34. The van der Waals surface area contributed by atoms with Crippen molar-refractivity contribution in [1.29, 1.82) is 0 Å². The molecule has 8 aromatic heterocycles. The molecule has 0 spiro atoms. The third-order valence-corrected chi connectivity index (χ3v) is 13.6. The van der Waals surface area contributed by atoms with Gasteiger partial charge in [-0.2, -0.15) is 0 Å². The summed E-state index contributed by atoms with van der Waals surface area (Å²) in [6, 6.07) is 12.1. The van der Waals surface area contributed by atoms with E-state index in [0.717, 1.165) is 162 Å². The molecule has 0 radical (unpaired) electrons. The lowest BCUT2D eigenvalue weighted by atomic mass is 10.2. The number of aromatic nitrogens is 13. The number of anilines is 2. The zero-order chi connectivity index (χ0) is 80.4. The Morgan fingerprint density at radius 2 is 0.820 bits per heavy atom. The maximum atomic E-state index is 11.0. The summed E-state index contributed by atoms with van der Waals surface area (Å²) in [5.41, 5.74) is 2.31. The van der Waals surface area contributed by atoms with Gasteiger partial charge >= 0.3 is 0 Å². The molecule has 636 valence electrons. The van der Waals surface area contributed by atoms with Crippen molar-refractivity contribution >= 4 is 29.1 Å². The van der Waals surface area contributed by atoms with Crippen LogP contribution in [0.3, 0.4) is 0 Å². The second-order valence-corrected chi connectivity index (χ2v) is 32.7. The highest BCUT2D eigenvalue weighted by molar-refractivity contribution is 5.93. The fraction of sp³-hybridized carbons (Fsp3) is 0.652. The Hall–Kier alpha value is -7.95. The van der Waals surface area contributed by atoms with Crippen LogP contribution in [-0.2, 0) is 88.0 Å². The molecule has 0 bridgehead atoms. The zero-order valence-electron chi connectivity index (χ0n) is 71.9. The third kappa shape index (κ3) is 52.8. The molecule has 4 N–H and O–H groups in total. The normalized spacial score (nSPS) is 14.0. The molecule has 0 fully saturated rings. The van der Waals surface area contributed by atoms with Gasteiger partial charge in [-0.15, -0.1) is 0 Å². The lowest BCUT2D eigenvalue weighted by molar-refractivity contribution is -0.115. The number of likely N-dealkylation sites (N-methyl/N-ethyl adjacent to an activating group) is 2. The number of carbonyl (C=O) groups is 2. The smallest absolute Gasteiger partial charge is 0.287 e. The van der Waals surface area contributed by atoms with Crippen LogP contribution >= 0.6 is 0 Å². The topological polar surface area (TPSA) is 202 Å². The van der Waals surface area contributed by atoms with Gasteiger partial charge in [0.15, 0.2) is 11.6 Å². The van der Waals surface area contributed by atoms with E-state index in [9.17, 15) is 9.59 Å². The SMILES string of the molecule is C.C.C.C.C=C1c2nccn2CCN1C.CC(C)C.CC(C)C.CC(C)C.CC(C)C.CC(C)C.CC(C)C.CC(C)C.CC(C)C.CN1CCn2ccnc2C1.O=C1Cn2cccc2N1.O=C1NCCn2ccnc21.c1cc2n(c1)CCN2.c1cc2n(c1)CCOC2.c1cn2c(n1)CCCC2.c1cn2c(n1)CNCC2. The molecule has 0 atom stereocenters. The van der Waals surface area contributed by atoms with Crippen LogP contribution in [0.5, 0.6) is 0 Å². The molecule has 0 aliphatic carbocycles. The molecule has 22 nitrogen and oxygen atoms in total. The number of fused-ring (bicyclic) bond motifs is 8. The summed E-state index contributed by atoms with van der Waals surface area (Å²) in [7, 11) is 4.17. The summed E-state index contributed by atoms with van der Waals surface area (Å²) in [4.78, 5) is 46.7. The molecule has 0 aromatic carbocycles. The van der Waals surface area contributed by atoms with Gasteiger partial charge in [-0.3, -0.25) is 14.5 Å². The van der Waals surface area contributed by atoms with Gasteiger partial charge in [-0.25, -0.2) is 24.9 Å². The average molecular weight is 1550 g/mol. The minimum Gasteiger partial charge on any atom is -0.373 e. The molecule has 111 heavy (non-hydrogen) atoms. The third-order valence-electron chi connectivity index (χ3n) is 13.6. The maximum absolute atomic E-state index is 11.0. The first-order valence-electron chi connectivity index (χ1n) is 39.8.